The van der Waals surface area contributed by atoms with E-state index in [1.165, 1.54) is 24.3 Å². The molecule has 2 aromatic carbocycles. The van der Waals surface area contributed by atoms with Crippen LogP contribution in [0.15, 0.2) is 47.4 Å². The predicted molar refractivity (Wildman–Crippen MR) is 94.2 cm³/mol. The van der Waals surface area contributed by atoms with Gasteiger partial charge in [-0.05, 0) is 42.8 Å². The van der Waals surface area contributed by atoms with Crippen molar-refractivity contribution in [1.29, 1.82) is 0 Å². The van der Waals surface area contributed by atoms with Crippen molar-refractivity contribution in [1.82, 2.24) is 4.90 Å². The molecule has 3 rings (SSSR count). The number of amides is 1. The normalized spacial score (nSPS) is 14.2. The first-order valence-electron chi connectivity index (χ1n) is 7.24. The van der Waals surface area contributed by atoms with E-state index in [4.69, 9.17) is 23.2 Å². The maximum atomic E-state index is 12.4. The molecule has 0 aromatic heterocycles. The number of nitrogens with one attached hydrogen (secondary N) is 1. The van der Waals surface area contributed by atoms with Gasteiger partial charge in [0.05, 0.1) is 14.9 Å². The van der Waals surface area contributed by atoms with Crippen LogP contribution in [0, 0.1) is 0 Å². The molecule has 0 atom stereocenters. The molecular formula is C16H14Cl2N2O3S. The second-order valence-corrected chi connectivity index (χ2v) is 7.90. The molecule has 0 bridgehead atoms. The lowest BCUT2D eigenvalue weighted by Crippen LogP contribution is -2.42. The monoisotopic (exact) mass is 384 g/mol. The van der Waals surface area contributed by atoms with Crippen LogP contribution in [0.2, 0.25) is 10.0 Å². The van der Waals surface area contributed by atoms with Gasteiger partial charge in [-0.15, -0.1) is 0 Å². The van der Waals surface area contributed by atoms with Gasteiger partial charge in [0, 0.05) is 24.3 Å². The zero-order valence-corrected chi connectivity index (χ0v) is 14.8. The van der Waals surface area contributed by atoms with Crippen molar-refractivity contribution in [2.24, 2.45) is 0 Å². The third kappa shape index (κ3) is 3.50. The number of carbonyl (C=O) groups excluding carboxylic acids is 1. The average Bonchev–Trinajstić information content (AvgIpc) is 2.48. The van der Waals surface area contributed by atoms with E-state index >= 15 is 0 Å². The summed E-state index contributed by atoms with van der Waals surface area (Å²) >= 11 is 11.7. The summed E-state index contributed by atoms with van der Waals surface area (Å²) in [6, 6.07) is 10.5. The summed E-state index contributed by atoms with van der Waals surface area (Å²) < 4.78 is 27.3. The first kappa shape index (κ1) is 17.1. The molecule has 2 aromatic rings. The number of sulfonamides is 1. The van der Waals surface area contributed by atoms with Gasteiger partial charge < -0.3 is 4.90 Å². The molecular weight excluding hydrogens is 371 g/mol. The van der Waals surface area contributed by atoms with Gasteiger partial charge in [0.2, 0.25) is 0 Å². The highest BCUT2D eigenvalue weighted by Crippen LogP contribution is 2.26. The number of rotatable bonds is 4. The number of likely N-dealkylation sites (tertiary alicyclic amines) is 1. The topological polar surface area (TPSA) is 66.5 Å². The Labute approximate surface area is 150 Å². The Bertz CT molecular complexity index is 896. The zero-order valence-electron chi connectivity index (χ0n) is 12.5. The number of nitrogens with zero attached hydrogens (tertiary/aromatic N) is 1. The smallest absolute Gasteiger partial charge is 0.261 e. The fourth-order valence-electron chi connectivity index (χ4n) is 2.28. The van der Waals surface area contributed by atoms with E-state index in [1.54, 1.807) is 23.1 Å². The van der Waals surface area contributed by atoms with Crippen LogP contribution in [-0.4, -0.2) is 32.3 Å². The van der Waals surface area contributed by atoms with Crippen molar-refractivity contribution < 1.29 is 13.2 Å². The minimum atomic E-state index is -3.82. The van der Waals surface area contributed by atoms with E-state index < -0.39 is 10.0 Å². The number of hydrogen-bond donors (Lipinski definition) is 1. The molecule has 8 heteroatoms. The second-order valence-electron chi connectivity index (χ2n) is 5.41. The van der Waals surface area contributed by atoms with Gasteiger partial charge in [-0.3, -0.25) is 9.52 Å². The van der Waals surface area contributed by atoms with Crippen LogP contribution in [0.4, 0.5) is 5.69 Å². The lowest BCUT2D eigenvalue weighted by Gasteiger charge is -2.31. The lowest BCUT2D eigenvalue weighted by molar-refractivity contribution is 0.0652. The minimum Gasteiger partial charge on any atom is -0.339 e. The van der Waals surface area contributed by atoms with Gasteiger partial charge in [0.1, 0.15) is 0 Å². The predicted octanol–water partition coefficient (Wildman–Crippen LogP) is 3.64. The van der Waals surface area contributed by atoms with E-state index in [1.807, 2.05) is 0 Å². The number of carbonyl (C=O) groups is 1. The molecule has 0 unspecified atom stereocenters. The summed E-state index contributed by atoms with van der Waals surface area (Å²) in [4.78, 5) is 13.9. The number of anilines is 1. The van der Waals surface area contributed by atoms with Gasteiger partial charge in [0.25, 0.3) is 15.9 Å². The Hall–Kier alpha value is -1.76. The van der Waals surface area contributed by atoms with Crippen molar-refractivity contribution in [2.45, 2.75) is 11.3 Å². The third-order valence-corrected chi connectivity index (χ3v) is 5.82. The largest absolute Gasteiger partial charge is 0.339 e. The molecule has 0 saturated carbocycles. The summed E-state index contributed by atoms with van der Waals surface area (Å²) in [6.45, 7) is 1.47. The standard InChI is InChI=1S/C16H14Cl2N2O3S/c17-14-6-5-13(10-15(14)18)24(22,23)19-12-4-1-3-11(9-12)16(21)20-7-2-8-20/h1,3-6,9-10,19H,2,7-8H2. The second kappa shape index (κ2) is 6.63. The summed E-state index contributed by atoms with van der Waals surface area (Å²) in [5, 5.41) is 0.430. The van der Waals surface area contributed by atoms with Gasteiger partial charge >= 0.3 is 0 Å². The van der Waals surface area contributed by atoms with E-state index in [2.05, 4.69) is 4.72 Å². The molecule has 0 radical (unpaired) electrons. The summed E-state index contributed by atoms with van der Waals surface area (Å²) in [6.07, 6.45) is 0.995. The molecule has 0 aliphatic carbocycles. The van der Waals surface area contributed by atoms with E-state index in [-0.39, 0.29) is 20.8 Å². The molecule has 5 nitrogen and oxygen atoms in total. The Morgan fingerprint density at radius 1 is 1.04 bits per heavy atom. The highest BCUT2D eigenvalue weighted by molar-refractivity contribution is 7.92. The Morgan fingerprint density at radius 2 is 1.79 bits per heavy atom. The first-order valence-corrected chi connectivity index (χ1v) is 9.48. The van der Waals surface area contributed by atoms with E-state index in [9.17, 15) is 13.2 Å². The fraction of sp³-hybridized carbons (Fsp3) is 0.188. The Kier molecular flexibility index (Phi) is 4.71. The molecule has 24 heavy (non-hydrogen) atoms. The highest BCUT2D eigenvalue weighted by atomic mass is 35.5. The third-order valence-electron chi connectivity index (χ3n) is 3.71. The maximum Gasteiger partial charge on any atom is 0.261 e. The molecule has 1 N–H and O–H groups in total. The molecule has 1 fully saturated rings. The lowest BCUT2D eigenvalue weighted by atomic mass is 10.1. The molecule has 126 valence electrons. The van der Waals surface area contributed by atoms with E-state index in [0.29, 0.717) is 11.3 Å². The van der Waals surface area contributed by atoms with Crippen LogP contribution in [0.25, 0.3) is 0 Å². The van der Waals surface area contributed by atoms with Crippen LogP contribution in [0.1, 0.15) is 16.8 Å². The van der Waals surface area contributed by atoms with Crippen LogP contribution in [-0.2, 0) is 10.0 Å². The minimum absolute atomic E-state index is 0.00336. The van der Waals surface area contributed by atoms with Crippen LogP contribution < -0.4 is 4.72 Å². The van der Waals surface area contributed by atoms with Crippen molar-refractivity contribution in [3.05, 3.63) is 58.1 Å². The maximum absolute atomic E-state index is 12.4. The molecule has 1 heterocycles. The molecule has 1 saturated heterocycles. The van der Waals surface area contributed by atoms with Crippen molar-refractivity contribution >= 4 is 44.8 Å². The molecule has 1 aliphatic heterocycles. The van der Waals surface area contributed by atoms with Crippen molar-refractivity contribution in [3.8, 4) is 0 Å². The summed E-state index contributed by atoms with van der Waals surface area (Å²) in [7, 11) is -3.82. The molecule has 1 aliphatic rings. The van der Waals surface area contributed by atoms with Crippen molar-refractivity contribution in [2.75, 3.05) is 17.8 Å². The number of hydrogen-bond acceptors (Lipinski definition) is 3. The van der Waals surface area contributed by atoms with Crippen LogP contribution in [0.3, 0.4) is 0 Å². The first-order chi connectivity index (χ1) is 11.4. The summed E-state index contributed by atoms with van der Waals surface area (Å²) in [5.74, 6) is -0.100. The quantitative estimate of drug-likeness (QED) is 0.874. The van der Waals surface area contributed by atoms with Crippen LogP contribution in [0.5, 0.6) is 0 Å². The van der Waals surface area contributed by atoms with Crippen molar-refractivity contribution in [3.63, 3.8) is 0 Å². The SMILES string of the molecule is O=C(c1cccc(NS(=O)(=O)c2ccc(Cl)c(Cl)c2)c1)N1CCC1. The molecule has 0 spiro atoms. The number of halogens is 2. The highest BCUT2D eigenvalue weighted by Gasteiger charge is 2.22. The number of benzene rings is 2. The van der Waals surface area contributed by atoms with Gasteiger partial charge in [-0.25, -0.2) is 8.42 Å². The van der Waals surface area contributed by atoms with Gasteiger partial charge in [-0.1, -0.05) is 29.3 Å². The fourth-order valence-corrected chi connectivity index (χ4v) is 3.71. The van der Waals surface area contributed by atoms with Crippen LogP contribution >= 0.6 is 23.2 Å². The van der Waals surface area contributed by atoms with Gasteiger partial charge in [0.15, 0.2) is 0 Å². The Morgan fingerprint density at radius 3 is 2.42 bits per heavy atom. The zero-order chi connectivity index (χ0) is 17.3. The van der Waals surface area contributed by atoms with Gasteiger partial charge in [-0.2, -0.15) is 0 Å². The average molecular weight is 385 g/mol. The molecule has 1 amide bonds. The van der Waals surface area contributed by atoms with E-state index in [0.717, 1.165) is 19.5 Å². The Balaban J connectivity index is 1.84. The summed E-state index contributed by atoms with van der Waals surface area (Å²) in [5.41, 5.74) is 0.761.